The number of methoxy groups -OCH3 is 1. The molecule has 0 fully saturated rings. The molecule has 4 nitrogen and oxygen atoms in total. The zero-order valence-electron chi connectivity index (χ0n) is 10.4. The minimum atomic E-state index is 0.771. The fourth-order valence-corrected chi connectivity index (χ4v) is 1.75. The van der Waals surface area contributed by atoms with Gasteiger partial charge in [-0.1, -0.05) is 6.07 Å². The number of aryl methyl sites for hydroxylation is 2. The maximum atomic E-state index is 5.18. The lowest BCUT2D eigenvalue weighted by atomic mass is 10.2. The number of nitrogens with zero attached hydrogens (tertiary/aromatic N) is 2. The van der Waals surface area contributed by atoms with Crippen molar-refractivity contribution < 1.29 is 4.74 Å². The number of ether oxygens (including phenoxy) is 1. The van der Waals surface area contributed by atoms with Crippen molar-refractivity contribution in [3.63, 3.8) is 0 Å². The van der Waals surface area contributed by atoms with E-state index >= 15 is 0 Å². The Hall–Kier alpha value is -1.97. The topological polar surface area (TPSA) is 39.1 Å². The fraction of sp³-hybridized carbons (Fsp3) is 0.308. The van der Waals surface area contributed by atoms with Gasteiger partial charge in [0.2, 0.25) is 0 Å². The molecule has 0 aliphatic carbocycles. The molecule has 0 amide bonds. The molecule has 1 aromatic carbocycles. The SMILES string of the molecule is COc1cccc(NCc2cn(C)nc2C)c1. The van der Waals surface area contributed by atoms with Gasteiger partial charge < -0.3 is 10.1 Å². The Morgan fingerprint density at radius 1 is 1.41 bits per heavy atom. The highest BCUT2D eigenvalue weighted by atomic mass is 16.5. The first kappa shape index (κ1) is 11.5. The molecular weight excluding hydrogens is 214 g/mol. The highest BCUT2D eigenvalue weighted by Gasteiger charge is 2.02. The van der Waals surface area contributed by atoms with Crippen LogP contribution in [0.25, 0.3) is 0 Å². The molecule has 2 rings (SSSR count). The molecule has 0 atom stereocenters. The number of hydrogen-bond donors (Lipinski definition) is 1. The van der Waals surface area contributed by atoms with Crippen molar-refractivity contribution in [2.75, 3.05) is 12.4 Å². The highest BCUT2D eigenvalue weighted by molar-refractivity contribution is 5.48. The van der Waals surface area contributed by atoms with Gasteiger partial charge in [0.25, 0.3) is 0 Å². The molecule has 0 spiro atoms. The van der Waals surface area contributed by atoms with Crippen LogP contribution in [0.3, 0.4) is 0 Å². The minimum Gasteiger partial charge on any atom is -0.497 e. The number of anilines is 1. The Morgan fingerprint density at radius 2 is 2.24 bits per heavy atom. The molecule has 0 saturated heterocycles. The monoisotopic (exact) mass is 231 g/mol. The summed E-state index contributed by atoms with van der Waals surface area (Å²) in [4.78, 5) is 0. The molecule has 17 heavy (non-hydrogen) atoms. The molecule has 0 aliphatic heterocycles. The standard InChI is InChI=1S/C13H17N3O/c1-10-11(9-16(2)15-10)8-14-12-5-4-6-13(7-12)17-3/h4-7,9,14H,8H2,1-3H3. The van der Waals surface area contributed by atoms with Crippen LogP contribution < -0.4 is 10.1 Å². The van der Waals surface area contributed by atoms with Crippen LogP contribution in [0, 0.1) is 6.92 Å². The molecule has 1 heterocycles. The Morgan fingerprint density at radius 3 is 2.88 bits per heavy atom. The molecule has 0 saturated carbocycles. The highest BCUT2D eigenvalue weighted by Crippen LogP contribution is 2.17. The summed E-state index contributed by atoms with van der Waals surface area (Å²) in [7, 11) is 3.60. The Bertz CT molecular complexity index is 505. The van der Waals surface area contributed by atoms with E-state index in [1.54, 1.807) is 7.11 Å². The van der Waals surface area contributed by atoms with E-state index in [-0.39, 0.29) is 0 Å². The van der Waals surface area contributed by atoms with Gasteiger partial charge >= 0.3 is 0 Å². The minimum absolute atomic E-state index is 0.771. The molecule has 0 unspecified atom stereocenters. The first-order chi connectivity index (χ1) is 8.19. The Labute approximate surface area is 101 Å². The number of hydrogen-bond acceptors (Lipinski definition) is 3. The van der Waals surface area contributed by atoms with Crippen molar-refractivity contribution in [1.82, 2.24) is 9.78 Å². The maximum absolute atomic E-state index is 5.18. The third-order valence-electron chi connectivity index (χ3n) is 2.67. The van der Waals surface area contributed by atoms with E-state index in [1.807, 2.05) is 49.1 Å². The Kier molecular flexibility index (Phi) is 3.32. The van der Waals surface area contributed by atoms with E-state index in [1.165, 1.54) is 5.56 Å². The molecule has 0 bridgehead atoms. The normalized spacial score (nSPS) is 10.3. The summed E-state index contributed by atoms with van der Waals surface area (Å²) in [6, 6.07) is 7.90. The van der Waals surface area contributed by atoms with Crippen LogP contribution in [-0.4, -0.2) is 16.9 Å². The van der Waals surface area contributed by atoms with E-state index in [0.29, 0.717) is 0 Å². The van der Waals surface area contributed by atoms with Gasteiger partial charge in [-0.2, -0.15) is 5.10 Å². The summed E-state index contributed by atoms with van der Waals surface area (Å²) in [6.45, 7) is 2.79. The van der Waals surface area contributed by atoms with Gasteiger partial charge in [0.1, 0.15) is 5.75 Å². The van der Waals surface area contributed by atoms with Crippen molar-refractivity contribution in [3.8, 4) is 5.75 Å². The van der Waals surface area contributed by atoms with Gasteiger partial charge in [0, 0.05) is 37.1 Å². The second-order valence-corrected chi connectivity index (χ2v) is 4.00. The molecular formula is C13H17N3O. The van der Waals surface area contributed by atoms with Crippen LogP contribution in [0.5, 0.6) is 5.75 Å². The lowest BCUT2D eigenvalue weighted by molar-refractivity contribution is 0.415. The molecule has 0 radical (unpaired) electrons. The zero-order chi connectivity index (χ0) is 12.3. The van der Waals surface area contributed by atoms with Crippen molar-refractivity contribution >= 4 is 5.69 Å². The van der Waals surface area contributed by atoms with Crippen molar-refractivity contribution in [1.29, 1.82) is 0 Å². The third kappa shape index (κ3) is 2.78. The van der Waals surface area contributed by atoms with E-state index in [4.69, 9.17) is 4.74 Å². The molecule has 90 valence electrons. The summed E-state index contributed by atoms with van der Waals surface area (Å²) >= 11 is 0. The number of nitrogens with one attached hydrogen (secondary N) is 1. The number of rotatable bonds is 4. The first-order valence-electron chi connectivity index (χ1n) is 5.56. The summed E-state index contributed by atoms with van der Waals surface area (Å²) < 4.78 is 7.01. The van der Waals surface area contributed by atoms with Crippen LogP contribution in [0.2, 0.25) is 0 Å². The van der Waals surface area contributed by atoms with Crippen molar-refractivity contribution in [2.24, 2.45) is 7.05 Å². The predicted octanol–water partition coefficient (Wildman–Crippen LogP) is 2.35. The number of benzene rings is 1. The summed E-state index contributed by atoms with van der Waals surface area (Å²) in [5, 5.41) is 7.67. The van der Waals surface area contributed by atoms with Crippen LogP contribution in [0.15, 0.2) is 30.5 Å². The summed E-state index contributed by atoms with van der Waals surface area (Å²) in [5.41, 5.74) is 3.31. The van der Waals surface area contributed by atoms with Crippen LogP contribution >= 0.6 is 0 Å². The van der Waals surface area contributed by atoms with E-state index < -0.39 is 0 Å². The molecule has 1 N–H and O–H groups in total. The van der Waals surface area contributed by atoms with Gasteiger partial charge in [-0.3, -0.25) is 4.68 Å². The second-order valence-electron chi connectivity index (χ2n) is 4.00. The Balaban J connectivity index is 2.04. The lowest BCUT2D eigenvalue weighted by Crippen LogP contribution is -1.99. The molecule has 2 aromatic rings. The van der Waals surface area contributed by atoms with E-state index in [9.17, 15) is 0 Å². The summed E-state index contributed by atoms with van der Waals surface area (Å²) in [6.07, 6.45) is 2.03. The van der Waals surface area contributed by atoms with E-state index in [2.05, 4.69) is 10.4 Å². The van der Waals surface area contributed by atoms with Crippen molar-refractivity contribution in [2.45, 2.75) is 13.5 Å². The third-order valence-corrected chi connectivity index (χ3v) is 2.67. The average Bonchev–Trinajstić information content (AvgIpc) is 2.65. The second kappa shape index (κ2) is 4.91. The van der Waals surface area contributed by atoms with Crippen LogP contribution in [0.4, 0.5) is 5.69 Å². The van der Waals surface area contributed by atoms with Gasteiger partial charge in [-0.15, -0.1) is 0 Å². The summed E-state index contributed by atoms with van der Waals surface area (Å²) in [5.74, 6) is 0.859. The number of aromatic nitrogens is 2. The van der Waals surface area contributed by atoms with Crippen LogP contribution in [-0.2, 0) is 13.6 Å². The maximum Gasteiger partial charge on any atom is 0.120 e. The van der Waals surface area contributed by atoms with Crippen molar-refractivity contribution in [3.05, 3.63) is 41.7 Å². The van der Waals surface area contributed by atoms with Gasteiger partial charge in [0.15, 0.2) is 0 Å². The molecule has 0 aliphatic rings. The van der Waals surface area contributed by atoms with Crippen LogP contribution in [0.1, 0.15) is 11.3 Å². The fourth-order valence-electron chi connectivity index (χ4n) is 1.75. The van der Waals surface area contributed by atoms with Gasteiger partial charge in [-0.25, -0.2) is 0 Å². The van der Waals surface area contributed by atoms with Gasteiger partial charge in [-0.05, 0) is 19.1 Å². The lowest BCUT2D eigenvalue weighted by Gasteiger charge is -2.07. The largest absolute Gasteiger partial charge is 0.497 e. The average molecular weight is 231 g/mol. The first-order valence-corrected chi connectivity index (χ1v) is 5.56. The quantitative estimate of drug-likeness (QED) is 0.878. The predicted molar refractivity (Wildman–Crippen MR) is 68.3 cm³/mol. The molecule has 1 aromatic heterocycles. The molecule has 4 heteroatoms. The smallest absolute Gasteiger partial charge is 0.120 e. The van der Waals surface area contributed by atoms with Gasteiger partial charge in [0.05, 0.1) is 12.8 Å². The van der Waals surface area contributed by atoms with E-state index in [0.717, 1.165) is 23.7 Å². The zero-order valence-corrected chi connectivity index (χ0v) is 10.4.